The van der Waals surface area contributed by atoms with Crippen LogP contribution >= 0.6 is 0 Å². The number of nitrogens with one attached hydrogen (secondary N) is 1. The van der Waals surface area contributed by atoms with Crippen molar-refractivity contribution in [3.8, 4) is 0 Å². The van der Waals surface area contributed by atoms with Gasteiger partial charge >= 0.3 is 12.1 Å². The zero-order chi connectivity index (χ0) is 17.4. The van der Waals surface area contributed by atoms with Gasteiger partial charge in [0.05, 0.1) is 18.6 Å². The molecule has 4 aliphatic carbocycles. The van der Waals surface area contributed by atoms with E-state index in [0.29, 0.717) is 18.3 Å². The number of aliphatic hydroxyl groups is 1. The Hall–Kier alpha value is -1.63. The molecule has 4 saturated carbocycles. The fourth-order valence-electron chi connectivity index (χ4n) is 5.43. The molecule has 4 aliphatic rings. The van der Waals surface area contributed by atoms with Gasteiger partial charge in [-0.1, -0.05) is 0 Å². The quantitative estimate of drug-likeness (QED) is 0.737. The number of carbonyl (C=O) groups is 3. The molecule has 0 heterocycles. The number of alkyl carbamates (subject to hydrolysis) is 1. The normalized spacial score (nSPS) is 36.2. The average Bonchev–Trinajstić information content (AvgIpc) is 2.42. The second-order valence-corrected chi connectivity index (χ2v) is 7.79. The Bertz CT molecular complexity index is 531. The van der Waals surface area contributed by atoms with Gasteiger partial charge in [0, 0.05) is 0 Å². The van der Waals surface area contributed by atoms with Gasteiger partial charge < -0.3 is 14.6 Å². The maximum absolute atomic E-state index is 12.1. The van der Waals surface area contributed by atoms with Crippen LogP contribution in [0.1, 0.15) is 51.9 Å². The first-order valence-corrected chi connectivity index (χ1v) is 8.66. The van der Waals surface area contributed by atoms with Gasteiger partial charge in [0.15, 0.2) is 6.61 Å². The fraction of sp³-hybridized carbons (Fsp3) is 0.824. The number of esters is 1. The lowest BCUT2D eigenvalue weighted by molar-refractivity contribution is -0.177. The minimum Gasteiger partial charge on any atom is -0.456 e. The number of hydrogen-bond acceptors (Lipinski definition) is 6. The molecular weight excluding hydrogens is 314 g/mol. The van der Waals surface area contributed by atoms with Crippen molar-refractivity contribution >= 4 is 18.0 Å². The van der Waals surface area contributed by atoms with Crippen LogP contribution < -0.4 is 5.32 Å². The molecule has 7 nitrogen and oxygen atoms in total. The number of imide groups is 1. The summed E-state index contributed by atoms with van der Waals surface area (Å²) in [6.45, 7) is 1.29. The van der Waals surface area contributed by atoms with E-state index in [2.05, 4.69) is 4.74 Å². The number of ether oxygens (including phenoxy) is 2. The number of carbonyl (C=O) groups excluding carboxylic acids is 3. The molecule has 4 rings (SSSR count). The molecule has 0 radical (unpaired) electrons. The number of amides is 2. The SMILES string of the molecule is CCOC(=O)NC(=O)COC(=O)CC12C[C@@H]3C[C@@H](CC(O)(C3)C1)C2. The monoisotopic (exact) mass is 339 g/mol. The third-order valence-electron chi connectivity index (χ3n) is 5.55. The minimum atomic E-state index is -0.846. The van der Waals surface area contributed by atoms with Crippen molar-refractivity contribution in [1.29, 1.82) is 0 Å². The van der Waals surface area contributed by atoms with Crippen LogP contribution in [0.15, 0.2) is 0 Å². The summed E-state index contributed by atoms with van der Waals surface area (Å²) < 4.78 is 9.60. The Kier molecular flexibility index (Phi) is 4.55. The molecular formula is C17H25NO6. The van der Waals surface area contributed by atoms with E-state index >= 15 is 0 Å². The van der Waals surface area contributed by atoms with Gasteiger partial charge in [0.2, 0.25) is 0 Å². The summed E-state index contributed by atoms with van der Waals surface area (Å²) in [6, 6.07) is 0. The van der Waals surface area contributed by atoms with E-state index in [0.717, 1.165) is 32.1 Å². The largest absolute Gasteiger partial charge is 0.456 e. The summed E-state index contributed by atoms with van der Waals surface area (Å²) in [7, 11) is 0. The van der Waals surface area contributed by atoms with Crippen molar-refractivity contribution in [2.45, 2.75) is 57.5 Å². The van der Waals surface area contributed by atoms with E-state index in [1.807, 2.05) is 5.32 Å². The van der Waals surface area contributed by atoms with Crippen LogP contribution in [0.2, 0.25) is 0 Å². The zero-order valence-electron chi connectivity index (χ0n) is 14.0. The molecule has 0 spiro atoms. The van der Waals surface area contributed by atoms with Gasteiger partial charge in [-0.2, -0.15) is 0 Å². The standard InChI is InChI=1S/C17H25NO6/c1-2-23-15(21)18-13(19)9-24-14(20)8-16-4-11-3-12(5-16)7-17(22,6-11)10-16/h11-12,22H,2-10H2,1H3,(H,18,19,21)/t11-,12+,16?,17?. The summed E-state index contributed by atoms with van der Waals surface area (Å²) in [5.74, 6) is -0.155. The Balaban J connectivity index is 1.49. The highest BCUT2D eigenvalue weighted by Crippen LogP contribution is 2.62. The highest BCUT2D eigenvalue weighted by Gasteiger charge is 2.57. The third kappa shape index (κ3) is 3.71. The molecule has 0 aromatic rings. The van der Waals surface area contributed by atoms with E-state index in [1.165, 1.54) is 0 Å². The Labute approximate surface area is 141 Å². The van der Waals surface area contributed by atoms with Crippen LogP contribution in [0.5, 0.6) is 0 Å². The summed E-state index contributed by atoms with van der Waals surface area (Å²) in [4.78, 5) is 34.8. The first-order chi connectivity index (χ1) is 11.3. The van der Waals surface area contributed by atoms with Crippen molar-refractivity contribution in [3.63, 3.8) is 0 Å². The van der Waals surface area contributed by atoms with Gasteiger partial charge in [0.1, 0.15) is 0 Å². The minimum absolute atomic E-state index is 0.159. The van der Waals surface area contributed by atoms with Gasteiger partial charge in [0.25, 0.3) is 5.91 Å². The van der Waals surface area contributed by atoms with Crippen molar-refractivity contribution in [2.75, 3.05) is 13.2 Å². The zero-order valence-corrected chi connectivity index (χ0v) is 14.0. The molecule has 0 aromatic carbocycles. The van der Waals surface area contributed by atoms with Crippen molar-refractivity contribution in [3.05, 3.63) is 0 Å². The average molecular weight is 339 g/mol. The van der Waals surface area contributed by atoms with Crippen LogP contribution in [-0.2, 0) is 19.1 Å². The second kappa shape index (κ2) is 6.35. The van der Waals surface area contributed by atoms with Crippen LogP contribution in [0.25, 0.3) is 0 Å². The maximum Gasteiger partial charge on any atom is 0.413 e. The van der Waals surface area contributed by atoms with Gasteiger partial charge in [-0.3, -0.25) is 14.9 Å². The molecule has 134 valence electrons. The molecule has 24 heavy (non-hydrogen) atoms. The summed E-state index contributed by atoms with van der Waals surface area (Å²) in [5, 5.41) is 12.7. The Morgan fingerprint density at radius 3 is 2.38 bits per heavy atom. The first-order valence-electron chi connectivity index (χ1n) is 8.66. The molecule has 2 unspecified atom stereocenters. The lowest BCUT2D eigenvalue weighted by Gasteiger charge is -2.60. The number of hydrogen-bond donors (Lipinski definition) is 2. The fourth-order valence-corrected chi connectivity index (χ4v) is 5.43. The van der Waals surface area contributed by atoms with Crippen molar-refractivity contribution < 1.29 is 29.0 Å². The van der Waals surface area contributed by atoms with E-state index < -0.39 is 30.2 Å². The van der Waals surface area contributed by atoms with Crippen LogP contribution in [0.4, 0.5) is 4.79 Å². The second-order valence-electron chi connectivity index (χ2n) is 7.79. The molecule has 0 aliphatic heterocycles. The molecule has 2 N–H and O–H groups in total. The van der Waals surface area contributed by atoms with Gasteiger partial charge in [-0.15, -0.1) is 0 Å². The third-order valence-corrected chi connectivity index (χ3v) is 5.55. The van der Waals surface area contributed by atoms with Gasteiger partial charge in [-0.05, 0) is 62.7 Å². The van der Waals surface area contributed by atoms with E-state index in [1.54, 1.807) is 6.92 Å². The summed E-state index contributed by atoms with van der Waals surface area (Å²) >= 11 is 0. The Morgan fingerprint density at radius 1 is 1.12 bits per heavy atom. The molecule has 2 amide bonds. The molecule has 4 fully saturated rings. The lowest BCUT2D eigenvalue weighted by atomic mass is 9.47. The highest BCUT2D eigenvalue weighted by atomic mass is 16.6. The van der Waals surface area contributed by atoms with Crippen molar-refractivity contribution in [2.24, 2.45) is 17.3 Å². The molecule has 0 saturated heterocycles. The van der Waals surface area contributed by atoms with Crippen molar-refractivity contribution in [1.82, 2.24) is 5.32 Å². The maximum atomic E-state index is 12.1. The smallest absolute Gasteiger partial charge is 0.413 e. The van der Waals surface area contributed by atoms with Crippen LogP contribution in [0.3, 0.4) is 0 Å². The first kappa shape index (κ1) is 17.2. The number of rotatable bonds is 5. The van der Waals surface area contributed by atoms with E-state index in [9.17, 15) is 19.5 Å². The molecule has 7 heteroatoms. The summed E-state index contributed by atoms with van der Waals surface area (Å²) in [6.07, 6.45) is 4.80. The van der Waals surface area contributed by atoms with E-state index in [-0.39, 0.29) is 18.4 Å². The van der Waals surface area contributed by atoms with Crippen LogP contribution in [0, 0.1) is 17.3 Å². The van der Waals surface area contributed by atoms with Gasteiger partial charge in [-0.25, -0.2) is 4.79 Å². The Morgan fingerprint density at radius 2 is 1.79 bits per heavy atom. The molecule has 0 aromatic heterocycles. The lowest BCUT2D eigenvalue weighted by Crippen LogP contribution is -2.56. The van der Waals surface area contributed by atoms with E-state index in [4.69, 9.17) is 4.74 Å². The summed E-state index contributed by atoms with van der Waals surface area (Å²) in [5.41, 5.74) is -0.806. The highest BCUT2D eigenvalue weighted by molar-refractivity contribution is 5.93. The molecule has 4 bridgehead atoms. The van der Waals surface area contributed by atoms with Crippen LogP contribution in [-0.4, -0.2) is 41.9 Å². The topological polar surface area (TPSA) is 102 Å². The molecule has 4 atom stereocenters. The predicted octanol–water partition coefficient (Wildman–Crippen LogP) is 1.52. The predicted molar refractivity (Wildman–Crippen MR) is 82.8 cm³/mol.